The first-order chi connectivity index (χ1) is 38.5. The lowest BCUT2D eigenvalue weighted by Crippen LogP contribution is -2.30. The molecular formula is C72H136O6. The summed E-state index contributed by atoms with van der Waals surface area (Å²) < 4.78 is 16.9. The Hall–Kier alpha value is -2.11. The van der Waals surface area contributed by atoms with Crippen LogP contribution in [0.1, 0.15) is 400 Å². The Morgan fingerprint density at radius 2 is 0.462 bits per heavy atom. The number of unbranched alkanes of at least 4 members (excludes halogenated alkanes) is 51. The largest absolute Gasteiger partial charge is 0.462 e. The molecule has 0 N–H and O–H groups in total. The van der Waals surface area contributed by atoms with Crippen molar-refractivity contribution in [3.8, 4) is 0 Å². The first-order valence-electron chi connectivity index (χ1n) is 35.3. The molecule has 1 atom stereocenters. The number of carbonyl (C=O) groups is 3. The molecule has 78 heavy (non-hydrogen) atoms. The molecule has 0 rings (SSSR count). The Bertz CT molecular complexity index is 1260. The quantitative estimate of drug-likeness (QED) is 0.0261. The minimum Gasteiger partial charge on any atom is -0.462 e. The van der Waals surface area contributed by atoms with Crippen LogP contribution in [-0.2, 0) is 28.6 Å². The number of rotatable bonds is 66. The van der Waals surface area contributed by atoms with Crippen molar-refractivity contribution < 1.29 is 28.6 Å². The van der Waals surface area contributed by atoms with Crippen LogP contribution in [0.25, 0.3) is 0 Å². The summed E-state index contributed by atoms with van der Waals surface area (Å²) in [5, 5.41) is 0. The highest BCUT2D eigenvalue weighted by molar-refractivity contribution is 5.71. The molecule has 0 bridgehead atoms. The maximum absolute atomic E-state index is 12.9. The van der Waals surface area contributed by atoms with Crippen LogP contribution in [-0.4, -0.2) is 37.2 Å². The van der Waals surface area contributed by atoms with Gasteiger partial charge in [0.1, 0.15) is 13.2 Å². The van der Waals surface area contributed by atoms with E-state index in [9.17, 15) is 14.4 Å². The lowest BCUT2D eigenvalue weighted by Gasteiger charge is -2.18. The van der Waals surface area contributed by atoms with Gasteiger partial charge in [0, 0.05) is 19.3 Å². The van der Waals surface area contributed by atoms with Gasteiger partial charge in [-0.25, -0.2) is 0 Å². The normalized spacial score (nSPS) is 12.1. The lowest BCUT2D eigenvalue weighted by atomic mass is 10.0. The summed E-state index contributed by atoms with van der Waals surface area (Å²) in [5.41, 5.74) is 0. The lowest BCUT2D eigenvalue weighted by molar-refractivity contribution is -0.167. The molecule has 0 saturated carbocycles. The molecule has 0 aromatic rings. The molecule has 1 unspecified atom stereocenters. The van der Waals surface area contributed by atoms with E-state index in [2.05, 4.69) is 45.1 Å². The maximum atomic E-state index is 12.9. The topological polar surface area (TPSA) is 78.9 Å². The molecule has 0 aliphatic heterocycles. The zero-order valence-electron chi connectivity index (χ0n) is 53.0. The molecule has 0 aliphatic rings. The first kappa shape index (κ1) is 75.9. The van der Waals surface area contributed by atoms with Gasteiger partial charge in [0.05, 0.1) is 0 Å². The molecule has 6 nitrogen and oxygen atoms in total. The Morgan fingerprint density at radius 1 is 0.256 bits per heavy atom. The van der Waals surface area contributed by atoms with Crippen LogP contribution in [0, 0.1) is 0 Å². The minimum atomic E-state index is -0.774. The Kier molecular flexibility index (Phi) is 65.6. The number of allylic oxidation sites excluding steroid dienone is 4. The highest BCUT2D eigenvalue weighted by Gasteiger charge is 2.19. The zero-order chi connectivity index (χ0) is 56.4. The molecular weight excluding hydrogens is 961 g/mol. The fourth-order valence-corrected chi connectivity index (χ4v) is 10.9. The van der Waals surface area contributed by atoms with Crippen molar-refractivity contribution in [3.63, 3.8) is 0 Å². The molecule has 0 fully saturated rings. The standard InChI is InChI=1S/C72H136O6/c1-4-7-10-13-16-19-22-24-26-27-28-29-30-31-32-33-34-35-36-37-38-39-40-41-42-43-44-46-47-50-53-56-59-62-65-71(74)77-68-69(67-76-70(73)64-61-58-55-52-49-21-18-15-12-9-6-3)78-72(75)66-63-60-57-54-51-48-45-25-23-20-17-14-11-8-5-2/h17,20,25,45,69H,4-16,18-19,21-24,26-44,46-68H2,1-3H3/b20-17-,45-25-. The van der Waals surface area contributed by atoms with Crippen molar-refractivity contribution in [2.75, 3.05) is 13.2 Å². The fourth-order valence-electron chi connectivity index (χ4n) is 10.9. The van der Waals surface area contributed by atoms with Crippen LogP contribution >= 0.6 is 0 Å². The van der Waals surface area contributed by atoms with Crippen LogP contribution < -0.4 is 0 Å². The zero-order valence-corrected chi connectivity index (χ0v) is 53.0. The monoisotopic (exact) mass is 1100 g/mol. The van der Waals surface area contributed by atoms with Gasteiger partial charge in [-0.1, -0.05) is 353 Å². The van der Waals surface area contributed by atoms with Crippen LogP contribution in [0.5, 0.6) is 0 Å². The van der Waals surface area contributed by atoms with E-state index in [-0.39, 0.29) is 31.1 Å². The number of esters is 3. The predicted molar refractivity (Wildman–Crippen MR) is 340 cm³/mol. The Labute approximate surface area is 487 Å². The highest BCUT2D eigenvalue weighted by Crippen LogP contribution is 2.19. The van der Waals surface area contributed by atoms with Gasteiger partial charge in [-0.05, 0) is 51.4 Å². The van der Waals surface area contributed by atoms with E-state index in [1.54, 1.807) is 0 Å². The van der Waals surface area contributed by atoms with E-state index >= 15 is 0 Å². The first-order valence-corrected chi connectivity index (χ1v) is 35.3. The van der Waals surface area contributed by atoms with E-state index < -0.39 is 6.10 Å². The predicted octanol–water partition coefficient (Wildman–Crippen LogP) is 24.2. The van der Waals surface area contributed by atoms with Crippen LogP contribution in [0.4, 0.5) is 0 Å². The number of ether oxygens (including phenoxy) is 3. The van der Waals surface area contributed by atoms with E-state index in [0.717, 1.165) is 77.0 Å². The van der Waals surface area contributed by atoms with Crippen molar-refractivity contribution in [1.82, 2.24) is 0 Å². The fraction of sp³-hybridized carbons (Fsp3) is 0.903. The molecule has 0 aromatic heterocycles. The van der Waals surface area contributed by atoms with Crippen molar-refractivity contribution >= 4 is 17.9 Å². The maximum Gasteiger partial charge on any atom is 0.306 e. The Balaban J connectivity index is 4.01. The Morgan fingerprint density at radius 3 is 0.731 bits per heavy atom. The van der Waals surface area contributed by atoms with E-state index in [0.29, 0.717) is 19.3 Å². The van der Waals surface area contributed by atoms with Gasteiger partial charge in [-0.2, -0.15) is 0 Å². The molecule has 0 amide bonds. The molecule has 0 heterocycles. The third kappa shape index (κ3) is 64.7. The average Bonchev–Trinajstić information content (AvgIpc) is 3.44. The molecule has 0 spiro atoms. The van der Waals surface area contributed by atoms with Crippen molar-refractivity contribution in [1.29, 1.82) is 0 Å². The minimum absolute atomic E-state index is 0.0713. The second-order valence-corrected chi connectivity index (χ2v) is 24.2. The number of carbonyl (C=O) groups excluding carboxylic acids is 3. The van der Waals surface area contributed by atoms with Crippen LogP contribution in [0.3, 0.4) is 0 Å². The summed E-state index contributed by atoms with van der Waals surface area (Å²) in [7, 11) is 0. The van der Waals surface area contributed by atoms with Crippen molar-refractivity contribution in [3.05, 3.63) is 24.3 Å². The van der Waals surface area contributed by atoms with E-state index in [1.807, 2.05) is 0 Å². The van der Waals surface area contributed by atoms with E-state index in [4.69, 9.17) is 14.2 Å². The van der Waals surface area contributed by atoms with Gasteiger partial charge in [0.25, 0.3) is 0 Å². The average molecular weight is 1100 g/mol. The van der Waals surface area contributed by atoms with Crippen LogP contribution in [0.15, 0.2) is 24.3 Å². The summed E-state index contributed by atoms with van der Waals surface area (Å²) in [5.74, 6) is -0.860. The SMILES string of the molecule is CCCCC/C=C\C/C=C\CCCCCCCC(=O)OC(COC(=O)CCCCCCCCCCCCC)COC(=O)CCCCCCCCCCCCCCCCCCCCCCCCCCCCCCCCCCCC. The number of hydrogen-bond donors (Lipinski definition) is 0. The number of hydrogen-bond acceptors (Lipinski definition) is 6. The molecule has 0 saturated heterocycles. The van der Waals surface area contributed by atoms with Crippen molar-refractivity contribution in [2.45, 2.75) is 406 Å². The third-order valence-electron chi connectivity index (χ3n) is 16.2. The van der Waals surface area contributed by atoms with Crippen LogP contribution in [0.2, 0.25) is 0 Å². The second-order valence-electron chi connectivity index (χ2n) is 24.2. The second kappa shape index (κ2) is 67.4. The molecule has 0 aliphatic carbocycles. The third-order valence-corrected chi connectivity index (χ3v) is 16.2. The van der Waals surface area contributed by atoms with Gasteiger partial charge < -0.3 is 14.2 Å². The molecule has 0 radical (unpaired) electrons. The van der Waals surface area contributed by atoms with Gasteiger partial charge in [-0.15, -0.1) is 0 Å². The van der Waals surface area contributed by atoms with Crippen molar-refractivity contribution in [2.24, 2.45) is 0 Å². The summed E-state index contributed by atoms with van der Waals surface area (Å²) in [4.78, 5) is 38.2. The molecule has 460 valence electrons. The highest BCUT2D eigenvalue weighted by atomic mass is 16.6. The van der Waals surface area contributed by atoms with E-state index in [1.165, 1.54) is 283 Å². The molecule has 0 aromatic carbocycles. The van der Waals surface area contributed by atoms with Gasteiger partial charge >= 0.3 is 17.9 Å². The molecule has 6 heteroatoms. The van der Waals surface area contributed by atoms with Gasteiger partial charge in [0.15, 0.2) is 6.10 Å². The summed E-state index contributed by atoms with van der Waals surface area (Å²) in [6.45, 7) is 6.66. The summed E-state index contributed by atoms with van der Waals surface area (Å²) in [6, 6.07) is 0. The smallest absolute Gasteiger partial charge is 0.306 e. The van der Waals surface area contributed by atoms with Gasteiger partial charge in [-0.3, -0.25) is 14.4 Å². The van der Waals surface area contributed by atoms with Gasteiger partial charge in [0.2, 0.25) is 0 Å². The summed E-state index contributed by atoms with van der Waals surface area (Å²) >= 11 is 0. The summed E-state index contributed by atoms with van der Waals surface area (Å²) in [6.07, 6.45) is 82.4.